The summed E-state index contributed by atoms with van der Waals surface area (Å²) < 4.78 is 43.3. The van der Waals surface area contributed by atoms with E-state index in [1.807, 2.05) is 11.8 Å². The van der Waals surface area contributed by atoms with Crippen molar-refractivity contribution in [2.24, 2.45) is 5.92 Å². The van der Waals surface area contributed by atoms with E-state index in [9.17, 15) is 9.18 Å². The van der Waals surface area contributed by atoms with E-state index in [-0.39, 0.29) is 72.4 Å². The van der Waals surface area contributed by atoms with E-state index in [1.165, 1.54) is 12.1 Å². The summed E-state index contributed by atoms with van der Waals surface area (Å²) in [5.74, 6) is 0.217. The van der Waals surface area contributed by atoms with Crippen LogP contribution in [0.15, 0.2) is 24.4 Å². The van der Waals surface area contributed by atoms with Gasteiger partial charge in [-0.05, 0) is 77.5 Å². The highest BCUT2D eigenvalue weighted by atomic mass is 19.1. The number of alkyl halides is 1. The Balaban J connectivity index is 1.09. The lowest BCUT2D eigenvalue weighted by Crippen LogP contribution is -2.61. The molecule has 1 amide bonds. The molecule has 1 aromatic heterocycles. The molecular formula is C36H52F2N8O3. The molecule has 0 spiro atoms. The molecule has 7 unspecified atom stereocenters. The first kappa shape index (κ1) is 33.5. The molecule has 11 nitrogen and oxygen atoms in total. The first-order chi connectivity index (χ1) is 23.6. The average molecular weight is 683 g/mol. The van der Waals surface area contributed by atoms with E-state index in [4.69, 9.17) is 9.47 Å². The summed E-state index contributed by atoms with van der Waals surface area (Å²) >= 11 is 0. The normalized spacial score (nSPS) is 38.4. The van der Waals surface area contributed by atoms with E-state index in [2.05, 4.69) is 44.8 Å². The molecule has 8 rings (SSSR count). The molecule has 268 valence electrons. The Kier molecular flexibility index (Phi) is 9.19. The van der Waals surface area contributed by atoms with Gasteiger partial charge in [0.1, 0.15) is 29.5 Å². The Morgan fingerprint density at radius 1 is 1.04 bits per heavy atom. The number of benzene rings is 1. The molecule has 1 aromatic carbocycles. The highest BCUT2D eigenvalue weighted by Crippen LogP contribution is 2.40. The summed E-state index contributed by atoms with van der Waals surface area (Å²) in [7, 11) is 3.91. The fraction of sp³-hybridized carbons (Fsp3) is 0.722. The highest BCUT2D eigenvalue weighted by Gasteiger charge is 2.51. The molecule has 1 aliphatic carbocycles. The number of ether oxygens (including phenoxy) is 2. The minimum Gasteiger partial charge on any atom is -0.488 e. The summed E-state index contributed by atoms with van der Waals surface area (Å²) in [6, 6.07) is 5.16. The predicted octanol–water partition coefficient (Wildman–Crippen LogP) is 2.67. The van der Waals surface area contributed by atoms with Crippen molar-refractivity contribution in [3.63, 3.8) is 0 Å². The Morgan fingerprint density at radius 2 is 1.90 bits per heavy atom. The van der Waals surface area contributed by atoms with Gasteiger partial charge in [-0.2, -0.15) is 5.10 Å². The smallest absolute Gasteiger partial charge is 0.257 e. The Labute approximate surface area is 288 Å². The third kappa shape index (κ3) is 6.40. The lowest BCUT2D eigenvalue weighted by molar-refractivity contribution is -0.00381. The van der Waals surface area contributed by atoms with Gasteiger partial charge < -0.3 is 19.3 Å². The fourth-order valence-corrected chi connectivity index (χ4v) is 10.0. The van der Waals surface area contributed by atoms with Crippen LogP contribution in [0, 0.1) is 11.7 Å². The maximum Gasteiger partial charge on any atom is 0.257 e. The fourth-order valence-electron chi connectivity index (χ4n) is 10.0. The molecule has 4 bridgehead atoms. The predicted molar refractivity (Wildman–Crippen MR) is 181 cm³/mol. The molecule has 5 aliphatic heterocycles. The van der Waals surface area contributed by atoms with E-state index >= 15 is 4.39 Å². The van der Waals surface area contributed by atoms with Gasteiger partial charge in [-0.1, -0.05) is 0 Å². The monoisotopic (exact) mass is 682 g/mol. The Hall–Kier alpha value is -2.68. The average Bonchev–Trinajstić information content (AvgIpc) is 3.72. The molecule has 3 N–H and O–H groups in total. The zero-order valence-corrected chi connectivity index (χ0v) is 29.2. The van der Waals surface area contributed by atoms with Crippen LogP contribution in [-0.4, -0.2) is 132 Å². The molecule has 11 atom stereocenters. The Bertz CT molecular complexity index is 1530. The number of hydrogen-bond acceptors (Lipinski definition) is 9. The summed E-state index contributed by atoms with van der Waals surface area (Å²) in [6.07, 6.45) is 6.42. The van der Waals surface area contributed by atoms with Crippen LogP contribution >= 0.6 is 0 Å². The molecule has 4 saturated heterocycles. The second-order valence-corrected chi connectivity index (χ2v) is 15.6. The third-order valence-electron chi connectivity index (χ3n) is 12.1. The second-order valence-electron chi connectivity index (χ2n) is 15.6. The number of likely N-dealkylation sites (tertiary alicyclic amines) is 1. The number of carbonyl (C=O) groups excluding carboxylic acids is 1. The van der Waals surface area contributed by atoms with Crippen molar-refractivity contribution in [1.29, 1.82) is 0 Å². The minimum atomic E-state index is -0.800. The number of nitrogens with zero attached hydrogens (tertiary/aromatic N) is 5. The number of halogens is 2. The van der Waals surface area contributed by atoms with Crippen LogP contribution in [0.4, 0.5) is 8.78 Å². The highest BCUT2D eigenvalue weighted by molar-refractivity contribution is 5.96. The molecule has 1 saturated carbocycles. The maximum atomic E-state index is 15.3. The van der Waals surface area contributed by atoms with Crippen LogP contribution in [0.2, 0.25) is 0 Å². The van der Waals surface area contributed by atoms with Crippen molar-refractivity contribution in [3.8, 4) is 11.4 Å². The van der Waals surface area contributed by atoms with Crippen LogP contribution in [0.3, 0.4) is 0 Å². The lowest BCUT2D eigenvalue weighted by Gasteiger charge is -2.47. The standard InChI is InChI=1S/C36H52F2N8O3/c1-20-10-32-28(15-39-46(32)31-9-8-22(37)13-33(31)49-20)36(47)45-16-24-14-25(45)17-43(3)18-26(48-4)19-44-21(2)40-30-12-23(38)11-27(35(30)44)29-6-5-7-34(41-24)42-29/h8-9,13,15,20-21,23-27,29-30,34-35,40-42H,5-7,10-12,14,16-19H2,1-4H3/t20-,21?,23?,24+,25+,26-,27?,29?,30?,34?,35?/m1/s1. The third-order valence-corrected chi connectivity index (χ3v) is 12.1. The maximum absolute atomic E-state index is 15.3. The second kappa shape index (κ2) is 13.5. The van der Waals surface area contributed by atoms with E-state index in [1.54, 1.807) is 24.1 Å². The minimum absolute atomic E-state index is 0.0139. The van der Waals surface area contributed by atoms with Crippen molar-refractivity contribution in [3.05, 3.63) is 41.5 Å². The Morgan fingerprint density at radius 3 is 2.73 bits per heavy atom. The van der Waals surface area contributed by atoms with E-state index < -0.39 is 6.17 Å². The van der Waals surface area contributed by atoms with Crippen LogP contribution in [-0.2, 0) is 11.2 Å². The van der Waals surface area contributed by atoms with Gasteiger partial charge in [-0.25, -0.2) is 13.5 Å². The molecule has 6 heterocycles. The number of rotatable bonds is 2. The summed E-state index contributed by atoms with van der Waals surface area (Å²) in [5, 5.41) is 16.2. The van der Waals surface area contributed by atoms with Crippen LogP contribution in [0.25, 0.3) is 5.69 Å². The molecule has 13 heteroatoms. The first-order valence-electron chi connectivity index (χ1n) is 18.4. The van der Waals surface area contributed by atoms with Gasteiger partial charge in [-0.3, -0.25) is 25.6 Å². The van der Waals surface area contributed by atoms with Gasteiger partial charge >= 0.3 is 0 Å². The SMILES string of the molecule is CO[C@@H]1CN(C)C[C@@H]2C[C@@H](CN2C(=O)c2cnn3c2C[C@@H](C)Oc2cc(F)ccc2-3)NC2CCCC(N2)C2CC(F)CC3NC(C)N(C1)C32. The van der Waals surface area contributed by atoms with Crippen molar-refractivity contribution in [2.45, 2.75) is 120 Å². The van der Waals surface area contributed by atoms with E-state index in [0.29, 0.717) is 49.4 Å². The van der Waals surface area contributed by atoms with Gasteiger partial charge in [0, 0.05) is 76.0 Å². The molecule has 5 fully saturated rings. The zero-order chi connectivity index (χ0) is 34.0. The molecule has 6 aliphatic rings. The number of methoxy groups -OCH3 is 1. The van der Waals surface area contributed by atoms with E-state index in [0.717, 1.165) is 44.5 Å². The van der Waals surface area contributed by atoms with Gasteiger partial charge in [0.15, 0.2) is 0 Å². The number of aromatic nitrogens is 2. The van der Waals surface area contributed by atoms with Gasteiger partial charge in [-0.15, -0.1) is 0 Å². The van der Waals surface area contributed by atoms with Crippen LogP contribution in [0.5, 0.6) is 5.75 Å². The summed E-state index contributed by atoms with van der Waals surface area (Å²) in [5.41, 5.74) is 1.98. The molecule has 2 aromatic rings. The number of amides is 1. The summed E-state index contributed by atoms with van der Waals surface area (Å²) in [4.78, 5) is 21.5. The van der Waals surface area contributed by atoms with Crippen LogP contribution in [0.1, 0.15) is 68.4 Å². The largest absolute Gasteiger partial charge is 0.488 e. The quantitative estimate of drug-likeness (QED) is 0.442. The lowest BCUT2D eigenvalue weighted by atomic mass is 9.74. The number of piperidine rings is 1. The number of fused-ring (bicyclic) bond motifs is 8. The van der Waals surface area contributed by atoms with Crippen molar-refractivity contribution in [2.75, 3.05) is 40.3 Å². The van der Waals surface area contributed by atoms with Crippen molar-refractivity contribution < 1.29 is 23.0 Å². The number of carbonyl (C=O) groups is 1. The molecular weight excluding hydrogens is 630 g/mol. The number of nitrogens with one attached hydrogen (secondary N) is 3. The summed E-state index contributed by atoms with van der Waals surface area (Å²) in [6.45, 7) is 6.92. The molecule has 0 radical (unpaired) electrons. The number of likely N-dealkylation sites (N-methyl/N-ethyl adjacent to an activating group) is 1. The number of hydrogen-bond donors (Lipinski definition) is 3. The van der Waals surface area contributed by atoms with Gasteiger partial charge in [0.25, 0.3) is 5.91 Å². The van der Waals surface area contributed by atoms with Crippen molar-refractivity contribution in [1.82, 2.24) is 40.4 Å². The van der Waals surface area contributed by atoms with Gasteiger partial charge in [0.05, 0.1) is 35.9 Å². The zero-order valence-electron chi connectivity index (χ0n) is 29.2. The topological polar surface area (TPSA) is 99.2 Å². The van der Waals surface area contributed by atoms with Crippen molar-refractivity contribution >= 4 is 5.91 Å². The van der Waals surface area contributed by atoms with Crippen LogP contribution < -0.4 is 20.7 Å². The first-order valence-corrected chi connectivity index (χ1v) is 18.4. The molecule has 49 heavy (non-hydrogen) atoms. The van der Waals surface area contributed by atoms with Gasteiger partial charge in [0.2, 0.25) is 0 Å².